The van der Waals surface area contributed by atoms with Crippen molar-refractivity contribution in [1.82, 2.24) is 9.88 Å². The molecule has 6 heteroatoms. The Labute approximate surface area is 183 Å². The van der Waals surface area contributed by atoms with Crippen molar-refractivity contribution in [2.75, 3.05) is 23.3 Å². The van der Waals surface area contributed by atoms with Crippen molar-refractivity contribution < 1.29 is 9.59 Å². The maximum Gasteiger partial charge on any atom is 0.332 e. The zero-order valence-corrected chi connectivity index (χ0v) is 18.2. The van der Waals surface area contributed by atoms with Crippen LogP contribution in [0, 0.1) is 0 Å². The van der Waals surface area contributed by atoms with Crippen molar-refractivity contribution in [1.29, 1.82) is 0 Å². The standard InChI is InChI=1S/C25H30N4O2/c1-3-18(2)28-13-11-19(12-14-28)23-16-26-24-10-9-20(15-22(23)24)27-25(31)29(17-30)21-7-5-4-6-8-21/h4-10,15-19,26H,3,11-14H2,1-2H3,(H,27,31). The van der Waals surface area contributed by atoms with Crippen LogP contribution in [0.3, 0.4) is 0 Å². The highest BCUT2D eigenvalue weighted by Gasteiger charge is 2.25. The average Bonchev–Trinajstić information content (AvgIpc) is 3.23. The van der Waals surface area contributed by atoms with E-state index >= 15 is 0 Å². The van der Waals surface area contributed by atoms with Gasteiger partial charge in [0.15, 0.2) is 0 Å². The first-order chi connectivity index (χ1) is 15.1. The van der Waals surface area contributed by atoms with E-state index in [-0.39, 0.29) is 0 Å². The van der Waals surface area contributed by atoms with Gasteiger partial charge in [-0.2, -0.15) is 0 Å². The molecule has 0 radical (unpaired) electrons. The number of H-pyrrole nitrogens is 1. The van der Waals surface area contributed by atoms with E-state index in [1.165, 1.54) is 12.0 Å². The second-order valence-corrected chi connectivity index (χ2v) is 8.31. The Morgan fingerprint density at radius 3 is 2.65 bits per heavy atom. The molecular formula is C25H30N4O2. The van der Waals surface area contributed by atoms with E-state index in [2.05, 4.69) is 35.2 Å². The minimum Gasteiger partial charge on any atom is -0.361 e. The normalized spacial score (nSPS) is 16.2. The quantitative estimate of drug-likeness (QED) is 0.531. The molecule has 0 bridgehead atoms. The van der Waals surface area contributed by atoms with Gasteiger partial charge in [-0.1, -0.05) is 25.1 Å². The van der Waals surface area contributed by atoms with E-state index in [9.17, 15) is 9.59 Å². The van der Waals surface area contributed by atoms with E-state index in [0.717, 1.165) is 41.7 Å². The second-order valence-electron chi connectivity index (χ2n) is 8.31. The number of nitrogens with one attached hydrogen (secondary N) is 2. The summed E-state index contributed by atoms with van der Waals surface area (Å²) in [5, 5.41) is 4.00. The number of likely N-dealkylation sites (tertiary alicyclic amines) is 1. The molecule has 1 aromatic heterocycles. The molecule has 4 rings (SSSR count). The number of piperidine rings is 1. The molecule has 3 amide bonds. The molecule has 1 fully saturated rings. The summed E-state index contributed by atoms with van der Waals surface area (Å²) >= 11 is 0. The van der Waals surface area contributed by atoms with Gasteiger partial charge < -0.3 is 15.2 Å². The summed E-state index contributed by atoms with van der Waals surface area (Å²) in [6.07, 6.45) is 6.11. The van der Waals surface area contributed by atoms with E-state index in [1.54, 1.807) is 24.3 Å². The van der Waals surface area contributed by atoms with Crippen LogP contribution in [0.4, 0.5) is 16.2 Å². The van der Waals surface area contributed by atoms with Crippen LogP contribution in [0.1, 0.15) is 44.6 Å². The number of para-hydroxylation sites is 1. The Hall–Kier alpha value is -3.12. The first kappa shape index (κ1) is 21.1. The first-order valence-corrected chi connectivity index (χ1v) is 11.1. The predicted octanol–water partition coefficient (Wildman–Crippen LogP) is 5.34. The molecule has 2 aromatic carbocycles. The Kier molecular flexibility index (Phi) is 6.37. The van der Waals surface area contributed by atoms with Gasteiger partial charge in [0.25, 0.3) is 0 Å². The fraction of sp³-hybridized carbons (Fsp3) is 0.360. The van der Waals surface area contributed by atoms with E-state index in [0.29, 0.717) is 29.7 Å². The van der Waals surface area contributed by atoms with E-state index in [1.807, 2.05) is 24.3 Å². The number of amides is 3. The number of hydrogen-bond acceptors (Lipinski definition) is 3. The van der Waals surface area contributed by atoms with Gasteiger partial charge in [-0.25, -0.2) is 9.69 Å². The number of rotatable bonds is 6. The number of imide groups is 1. The zero-order chi connectivity index (χ0) is 21.8. The molecule has 0 spiro atoms. The van der Waals surface area contributed by atoms with Crippen LogP contribution in [-0.4, -0.2) is 41.5 Å². The maximum absolute atomic E-state index is 12.7. The zero-order valence-electron chi connectivity index (χ0n) is 18.2. The molecule has 1 saturated heterocycles. The molecule has 1 atom stereocenters. The minimum atomic E-state index is -0.473. The van der Waals surface area contributed by atoms with Gasteiger partial charge in [0.1, 0.15) is 0 Å². The van der Waals surface area contributed by atoms with Crippen molar-refractivity contribution in [3.05, 3.63) is 60.3 Å². The van der Waals surface area contributed by atoms with E-state index in [4.69, 9.17) is 0 Å². The second kappa shape index (κ2) is 9.35. The molecule has 2 N–H and O–H groups in total. The van der Waals surface area contributed by atoms with Gasteiger partial charge in [0.05, 0.1) is 5.69 Å². The van der Waals surface area contributed by atoms with Crippen molar-refractivity contribution in [2.45, 2.75) is 45.1 Å². The number of aromatic amines is 1. The third kappa shape index (κ3) is 4.49. The van der Waals surface area contributed by atoms with E-state index < -0.39 is 6.03 Å². The summed E-state index contributed by atoms with van der Waals surface area (Å²) in [6.45, 7) is 6.79. The minimum absolute atomic E-state index is 0.473. The Balaban J connectivity index is 1.51. The predicted molar refractivity (Wildman–Crippen MR) is 126 cm³/mol. The van der Waals surface area contributed by atoms with Gasteiger partial charge >= 0.3 is 6.03 Å². The molecule has 0 aliphatic carbocycles. The molecule has 3 aromatic rings. The molecule has 0 saturated carbocycles. The number of aromatic nitrogens is 1. The van der Waals surface area contributed by atoms with Crippen LogP contribution >= 0.6 is 0 Å². The maximum atomic E-state index is 12.7. The monoisotopic (exact) mass is 418 g/mol. The van der Waals surface area contributed by atoms with Crippen LogP contribution in [-0.2, 0) is 4.79 Å². The van der Waals surface area contributed by atoms with Crippen molar-refractivity contribution in [3.8, 4) is 0 Å². The smallest absolute Gasteiger partial charge is 0.332 e. The highest BCUT2D eigenvalue weighted by Crippen LogP contribution is 2.35. The van der Waals surface area contributed by atoms with Crippen LogP contribution < -0.4 is 10.2 Å². The lowest BCUT2D eigenvalue weighted by atomic mass is 9.88. The number of fused-ring (bicyclic) bond motifs is 1. The molecule has 1 aliphatic rings. The Morgan fingerprint density at radius 1 is 1.23 bits per heavy atom. The topological polar surface area (TPSA) is 68.4 Å². The van der Waals surface area contributed by atoms with Crippen LogP contribution in [0.15, 0.2) is 54.7 Å². The summed E-state index contributed by atoms with van der Waals surface area (Å²) in [6, 6.07) is 14.9. The third-order valence-corrected chi connectivity index (χ3v) is 6.51. The summed E-state index contributed by atoms with van der Waals surface area (Å²) in [4.78, 5) is 31.3. The first-order valence-electron chi connectivity index (χ1n) is 11.1. The molecular weight excluding hydrogens is 388 g/mol. The number of carbonyl (C=O) groups excluding carboxylic acids is 2. The fourth-order valence-electron chi connectivity index (χ4n) is 4.47. The molecule has 6 nitrogen and oxygen atoms in total. The van der Waals surface area contributed by atoms with Crippen LogP contribution in [0.25, 0.3) is 10.9 Å². The number of hydrogen-bond donors (Lipinski definition) is 2. The summed E-state index contributed by atoms with van der Waals surface area (Å²) in [5.74, 6) is 0.510. The van der Waals surface area contributed by atoms with Crippen molar-refractivity contribution in [2.24, 2.45) is 0 Å². The van der Waals surface area contributed by atoms with Gasteiger partial charge in [-0.05, 0) is 81.1 Å². The van der Waals surface area contributed by atoms with Crippen LogP contribution in [0.5, 0.6) is 0 Å². The molecule has 2 heterocycles. The molecule has 162 valence electrons. The fourth-order valence-corrected chi connectivity index (χ4v) is 4.47. The summed E-state index contributed by atoms with van der Waals surface area (Å²) in [5.41, 5.74) is 3.59. The summed E-state index contributed by atoms with van der Waals surface area (Å²) < 4.78 is 0. The Bertz CT molecular complexity index is 1040. The van der Waals surface area contributed by atoms with Gasteiger partial charge in [-0.3, -0.25) is 4.79 Å². The highest BCUT2D eigenvalue weighted by molar-refractivity contribution is 6.12. The molecule has 1 aliphatic heterocycles. The third-order valence-electron chi connectivity index (χ3n) is 6.51. The lowest BCUT2D eigenvalue weighted by Crippen LogP contribution is -2.39. The van der Waals surface area contributed by atoms with Gasteiger partial charge in [0, 0.05) is 28.8 Å². The number of anilines is 2. The number of carbonyl (C=O) groups is 2. The largest absolute Gasteiger partial charge is 0.361 e. The van der Waals surface area contributed by atoms with Crippen LogP contribution in [0.2, 0.25) is 0 Å². The number of benzene rings is 2. The number of nitrogens with zero attached hydrogens (tertiary/aromatic N) is 2. The molecule has 1 unspecified atom stereocenters. The van der Waals surface area contributed by atoms with Gasteiger partial charge in [-0.15, -0.1) is 0 Å². The van der Waals surface area contributed by atoms with Crippen molar-refractivity contribution in [3.63, 3.8) is 0 Å². The van der Waals surface area contributed by atoms with Crippen molar-refractivity contribution >= 4 is 34.7 Å². The molecule has 31 heavy (non-hydrogen) atoms. The lowest BCUT2D eigenvalue weighted by Gasteiger charge is -2.35. The number of urea groups is 1. The summed E-state index contributed by atoms with van der Waals surface area (Å²) in [7, 11) is 0. The highest BCUT2D eigenvalue weighted by atomic mass is 16.2. The van der Waals surface area contributed by atoms with Gasteiger partial charge in [0.2, 0.25) is 6.41 Å². The Morgan fingerprint density at radius 2 is 1.97 bits per heavy atom. The average molecular weight is 419 g/mol. The lowest BCUT2D eigenvalue weighted by molar-refractivity contribution is -0.106. The SMILES string of the molecule is CCC(C)N1CCC(c2c[nH]c3ccc(NC(=O)N(C=O)c4ccccc4)cc23)CC1.